The van der Waals surface area contributed by atoms with Crippen molar-refractivity contribution in [1.82, 2.24) is 9.78 Å². The fraction of sp³-hybridized carbons (Fsp3) is 0.0833. The van der Waals surface area contributed by atoms with Gasteiger partial charge in [0.05, 0.1) is 12.1 Å². The van der Waals surface area contributed by atoms with Gasteiger partial charge < -0.3 is 5.11 Å². The van der Waals surface area contributed by atoms with Crippen LogP contribution in [0, 0.1) is 5.82 Å². The number of aromatic carboxylic acids is 1. The number of hydrogen-bond donors (Lipinski definition) is 1. The molecule has 0 spiro atoms. The predicted molar refractivity (Wildman–Crippen MR) is 61.0 cm³/mol. The lowest BCUT2D eigenvalue weighted by atomic mass is 10.1. The number of rotatable bonds is 3. The average Bonchev–Trinajstić information content (AvgIpc) is 2.32. The fourth-order valence-electron chi connectivity index (χ4n) is 1.51. The van der Waals surface area contributed by atoms with E-state index in [2.05, 4.69) is 5.10 Å². The van der Waals surface area contributed by atoms with Gasteiger partial charge in [-0.1, -0.05) is 6.07 Å². The van der Waals surface area contributed by atoms with E-state index in [4.69, 9.17) is 5.11 Å². The van der Waals surface area contributed by atoms with Crippen molar-refractivity contribution >= 4 is 5.97 Å². The molecule has 92 valence electrons. The quantitative estimate of drug-likeness (QED) is 0.883. The summed E-state index contributed by atoms with van der Waals surface area (Å²) in [4.78, 5) is 22.0. The number of carboxylic acid groups (broad SMARTS) is 1. The maximum atomic E-state index is 13.4. The van der Waals surface area contributed by atoms with Gasteiger partial charge in [-0.05, 0) is 23.8 Å². The van der Waals surface area contributed by atoms with Crippen molar-refractivity contribution in [1.29, 1.82) is 0 Å². The van der Waals surface area contributed by atoms with E-state index in [-0.39, 0.29) is 12.1 Å². The molecule has 0 radical (unpaired) electrons. The minimum Gasteiger partial charge on any atom is -0.478 e. The van der Waals surface area contributed by atoms with Crippen molar-refractivity contribution in [2.24, 2.45) is 0 Å². The van der Waals surface area contributed by atoms with Gasteiger partial charge in [-0.15, -0.1) is 0 Å². The number of halogens is 1. The molecule has 1 aromatic carbocycles. The molecule has 0 bridgehead atoms. The zero-order valence-electron chi connectivity index (χ0n) is 9.21. The first kappa shape index (κ1) is 12.0. The Hall–Kier alpha value is -2.50. The molecule has 0 fully saturated rings. The molecule has 0 aliphatic heterocycles. The summed E-state index contributed by atoms with van der Waals surface area (Å²) in [7, 11) is 0. The van der Waals surface area contributed by atoms with Gasteiger partial charge >= 0.3 is 5.97 Å². The van der Waals surface area contributed by atoms with Crippen LogP contribution >= 0.6 is 0 Å². The van der Waals surface area contributed by atoms with E-state index < -0.39 is 17.3 Å². The third-order valence-corrected chi connectivity index (χ3v) is 2.38. The van der Waals surface area contributed by atoms with Gasteiger partial charge in [0.25, 0.3) is 5.56 Å². The first-order chi connectivity index (χ1) is 8.58. The Morgan fingerprint density at radius 1 is 1.39 bits per heavy atom. The van der Waals surface area contributed by atoms with Crippen LogP contribution < -0.4 is 5.56 Å². The lowest BCUT2D eigenvalue weighted by Crippen LogP contribution is -2.21. The van der Waals surface area contributed by atoms with E-state index in [0.717, 1.165) is 10.7 Å². The monoisotopic (exact) mass is 248 g/mol. The van der Waals surface area contributed by atoms with Crippen LogP contribution in [0.4, 0.5) is 4.39 Å². The van der Waals surface area contributed by atoms with E-state index in [0.29, 0.717) is 5.56 Å². The maximum Gasteiger partial charge on any atom is 0.338 e. The van der Waals surface area contributed by atoms with E-state index in [1.54, 1.807) is 0 Å². The second-order valence-corrected chi connectivity index (χ2v) is 3.64. The summed E-state index contributed by atoms with van der Waals surface area (Å²) in [5.41, 5.74) is -0.231. The van der Waals surface area contributed by atoms with Crippen molar-refractivity contribution in [3.8, 4) is 0 Å². The lowest BCUT2D eigenvalue weighted by Gasteiger charge is -2.05. The zero-order valence-corrected chi connectivity index (χ0v) is 9.21. The van der Waals surface area contributed by atoms with Crippen LogP contribution in [0.5, 0.6) is 0 Å². The van der Waals surface area contributed by atoms with Crippen molar-refractivity contribution in [3.63, 3.8) is 0 Å². The summed E-state index contributed by atoms with van der Waals surface area (Å²) < 4.78 is 14.6. The third kappa shape index (κ3) is 2.42. The second kappa shape index (κ2) is 4.79. The highest BCUT2D eigenvalue weighted by atomic mass is 19.1. The van der Waals surface area contributed by atoms with E-state index >= 15 is 0 Å². The molecule has 1 N–H and O–H groups in total. The number of hydrogen-bond acceptors (Lipinski definition) is 3. The van der Waals surface area contributed by atoms with Gasteiger partial charge in [0.15, 0.2) is 0 Å². The van der Waals surface area contributed by atoms with Gasteiger partial charge in [-0.3, -0.25) is 4.79 Å². The first-order valence-corrected chi connectivity index (χ1v) is 5.12. The summed E-state index contributed by atoms with van der Waals surface area (Å²) in [6.45, 7) is 0.0937. The van der Waals surface area contributed by atoms with Gasteiger partial charge in [-0.2, -0.15) is 5.10 Å². The molecule has 1 aromatic heterocycles. The number of carbonyl (C=O) groups is 1. The van der Waals surface area contributed by atoms with Gasteiger partial charge in [-0.25, -0.2) is 13.9 Å². The Balaban J connectivity index is 2.31. The van der Waals surface area contributed by atoms with E-state index in [9.17, 15) is 14.0 Å². The SMILES string of the molecule is O=C(O)c1ccc(Cn2ncccc2=O)cc1F. The lowest BCUT2D eigenvalue weighted by molar-refractivity contribution is 0.0692. The summed E-state index contributed by atoms with van der Waals surface area (Å²) >= 11 is 0. The summed E-state index contributed by atoms with van der Waals surface area (Å²) in [5, 5.41) is 12.5. The normalized spacial score (nSPS) is 10.3. The van der Waals surface area contributed by atoms with Crippen molar-refractivity contribution in [3.05, 3.63) is 63.8 Å². The number of nitrogens with zero attached hydrogens (tertiary/aromatic N) is 2. The Kier molecular flexibility index (Phi) is 3.18. The van der Waals surface area contributed by atoms with E-state index in [1.165, 1.54) is 30.5 Å². The smallest absolute Gasteiger partial charge is 0.338 e. The van der Waals surface area contributed by atoms with Crippen molar-refractivity contribution in [2.75, 3.05) is 0 Å². The zero-order chi connectivity index (χ0) is 13.1. The number of benzene rings is 1. The van der Waals surface area contributed by atoms with Crippen LogP contribution in [0.15, 0.2) is 41.3 Å². The third-order valence-electron chi connectivity index (χ3n) is 2.38. The Morgan fingerprint density at radius 3 is 2.78 bits per heavy atom. The fourth-order valence-corrected chi connectivity index (χ4v) is 1.51. The highest BCUT2D eigenvalue weighted by molar-refractivity contribution is 5.87. The minimum atomic E-state index is -1.32. The predicted octanol–water partition coefficient (Wildman–Crippen LogP) is 1.13. The van der Waals surface area contributed by atoms with Gasteiger partial charge in [0.1, 0.15) is 5.82 Å². The second-order valence-electron chi connectivity index (χ2n) is 3.64. The maximum absolute atomic E-state index is 13.4. The molecule has 0 aliphatic carbocycles. The molecule has 0 saturated carbocycles. The Bertz CT molecular complexity index is 652. The molecule has 6 heteroatoms. The number of aromatic nitrogens is 2. The molecule has 2 rings (SSSR count). The van der Waals surface area contributed by atoms with Crippen LogP contribution in [0.25, 0.3) is 0 Å². The molecule has 0 saturated heterocycles. The first-order valence-electron chi connectivity index (χ1n) is 5.12. The molecular weight excluding hydrogens is 239 g/mol. The van der Waals surface area contributed by atoms with Crippen LogP contribution in [0.1, 0.15) is 15.9 Å². The van der Waals surface area contributed by atoms with Crippen LogP contribution in [0.3, 0.4) is 0 Å². The Morgan fingerprint density at radius 2 is 2.17 bits per heavy atom. The average molecular weight is 248 g/mol. The highest BCUT2D eigenvalue weighted by Crippen LogP contribution is 2.11. The van der Waals surface area contributed by atoms with Crippen LogP contribution in [-0.2, 0) is 6.54 Å². The molecule has 0 aliphatic rings. The molecule has 18 heavy (non-hydrogen) atoms. The minimum absolute atomic E-state index is 0.0937. The molecule has 1 heterocycles. The summed E-state index contributed by atoms with van der Waals surface area (Å²) in [6.07, 6.45) is 1.45. The molecule has 0 unspecified atom stereocenters. The van der Waals surface area contributed by atoms with Crippen LogP contribution in [0.2, 0.25) is 0 Å². The van der Waals surface area contributed by atoms with Gasteiger partial charge in [0, 0.05) is 12.3 Å². The molecule has 0 amide bonds. The standard InChI is InChI=1S/C12H9FN2O3/c13-10-6-8(3-4-9(10)12(17)18)7-15-11(16)2-1-5-14-15/h1-6H,7H2,(H,17,18). The largest absolute Gasteiger partial charge is 0.478 e. The molecular formula is C12H9FN2O3. The summed E-state index contributed by atoms with van der Waals surface area (Å²) in [5.74, 6) is -2.15. The van der Waals surface area contributed by atoms with Crippen molar-refractivity contribution < 1.29 is 14.3 Å². The molecule has 5 nitrogen and oxygen atoms in total. The summed E-state index contributed by atoms with van der Waals surface area (Å²) in [6, 6.07) is 6.56. The number of carboxylic acids is 1. The molecule has 0 atom stereocenters. The van der Waals surface area contributed by atoms with Crippen LogP contribution in [-0.4, -0.2) is 20.9 Å². The topological polar surface area (TPSA) is 72.2 Å². The highest BCUT2D eigenvalue weighted by Gasteiger charge is 2.10. The Labute approximate surface area is 101 Å². The van der Waals surface area contributed by atoms with Gasteiger partial charge in [0.2, 0.25) is 0 Å². The van der Waals surface area contributed by atoms with E-state index in [1.807, 2.05) is 0 Å². The molecule has 2 aromatic rings. The van der Waals surface area contributed by atoms with Crippen molar-refractivity contribution in [2.45, 2.75) is 6.54 Å².